The number of hydrogen-bond donors (Lipinski definition) is 1. The van der Waals surface area contributed by atoms with Crippen LogP contribution in [0.15, 0.2) is 66.4 Å². The minimum absolute atomic E-state index is 0.0636. The Morgan fingerprint density at radius 1 is 1.17 bits per heavy atom. The first kappa shape index (κ1) is 17.5. The number of rotatable bonds is 7. The SMILES string of the molecule is CCOC(=O)CCC(=O)N(NC1=CCC=CC=C1)c1ccccc1. The number of hydrazine groups is 1. The molecule has 1 aliphatic rings. The number of ether oxygens (including phenoxy) is 1. The van der Waals surface area contributed by atoms with Crippen LogP contribution in [0, 0.1) is 0 Å². The van der Waals surface area contributed by atoms with Gasteiger partial charge in [0.25, 0.3) is 0 Å². The van der Waals surface area contributed by atoms with E-state index in [1.807, 2.05) is 60.7 Å². The Balaban J connectivity index is 2.09. The zero-order chi connectivity index (χ0) is 17.2. The number of nitrogens with one attached hydrogen (secondary N) is 1. The topological polar surface area (TPSA) is 58.6 Å². The van der Waals surface area contributed by atoms with Gasteiger partial charge in [0, 0.05) is 6.42 Å². The van der Waals surface area contributed by atoms with E-state index >= 15 is 0 Å². The molecule has 1 N–H and O–H groups in total. The molecule has 5 nitrogen and oxygen atoms in total. The Morgan fingerprint density at radius 3 is 2.71 bits per heavy atom. The molecule has 0 radical (unpaired) electrons. The van der Waals surface area contributed by atoms with E-state index in [1.54, 1.807) is 6.92 Å². The fourth-order valence-electron chi connectivity index (χ4n) is 2.19. The highest BCUT2D eigenvalue weighted by molar-refractivity contribution is 5.94. The van der Waals surface area contributed by atoms with Crippen LogP contribution in [0.5, 0.6) is 0 Å². The van der Waals surface area contributed by atoms with Crippen molar-refractivity contribution in [3.05, 3.63) is 66.4 Å². The second-order valence-electron chi connectivity index (χ2n) is 5.16. The standard InChI is InChI=1S/C19H22N2O3/c1-2-24-19(23)15-14-18(22)21(17-12-8-5-9-13-17)20-16-10-6-3-4-7-11-16/h3-6,8-13,20H,2,7,14-15H2,1H3. The Kier molecular flexibility index (Phi) is 6.83. The van der Waals surface area contributed by atoms with Crippen LogP contribution in [0.1, 0.15) is 26.2 Å². The quantitative estimate of drug-likeness (QED) is 0.617. The van der Waals surface area contributed by atoms with E-state index in [0.717, 1.165) is 17.8 Å². The van der Waals surface area contributed by atoms with Gasteiger partial charge in [-0.2, -0.15) is 0 Å². The minimum atomic E-state index is -0.364. The highest BCUT2D eigenvalue weighted by Crippen LogP contribution is 2.15. The molecule has 2 rings (SSSR count). The predicted molar refractivity (Wildman–Crippen MR) is 93.9 cm³/mol. The second kappa shape index (κ2) is 9.35. The lowest BCUT2D eigenvalue weighted by atomic mass is 10.2. The molecule has 0 bridgehead atoms. The number of carbonyl (C=O) groups is 2. The summed E-state index contributed by atoms with van der Waals surface area (Å²) in [6, 6.07) is 9.30. The van der Waals surface area contributed by atoms with Crippen molar-refractivity contribution in [3.8, 4) is 0 Å². The molecule has 0 spiro atoms. The summed E-state index contributed by atoms with van der Waals surface area (Å²) in [7, 11) is 0. The maximum atomic E-state index is 12.6. The minimum Gasteiger partial charge on any atom is -0.466 e. The lowest BCUT2D eigenvalue weighted by molar-refractivity contribution is -0.144. The van der Waals surface area contributed by atoms with Crippen LogP contribution in [0.4, 0.5) is 5.69 Å². The first-order valence-electron chi connectivity index (χ1n) is 8.04. The third-order valence-corrected chi connectivity index (χ3v) is 3.35. The number of amides is 1. The smallest absolute Gasteiger partial charge is 0.306 e. The molecule has 0 aliphatic heterocycles. The monoisotopic (exact) mass is 326 g/mol. The molecule has 5 heteroatoms. The summed E-state index contributed by atoms with van der Waals surface area (Å²) in [6.07, 6.45) is 10.7. The molecule has 1 amide bonds. The fraction of sp³-hybridized carbons (Fsp3) is 0.263. The molecule has 126 valence electrons. The van der Waals surface area contributed by atoms with Gasteiger partial charge in [-0.15, -0.1) is 0 Å². The van der Waals surface area contributed by atoms with Crippen LogP contribution in [-0.2, 0) is 14.3 Å². The third-order valence-electron chi connectivity index (χ3n) is 3.35. The van der Waals surface area contributed by atoms with Gasteiger partial charge in [-0.3, -0.25) is 15.0 Å². The summed E-state index contributed by atoms with van der Waals surface area (Å²) in [5, 5.41) is 1.47. The molecule has 24 heavy (non-hydrogen) atoms. The first-order valence-corrected chi connectivity index (χ1v) is 8.04. The Morgan fingerprint density at radius 2 is 1.96 bits per heavy atom. The molecule has 0 unspecified atom stereocenters. The van der Waals surface area contributed by atoms with E-state index in [9.17, 15) is 9.59 Å². The van der Waals surface area contributed by atoms with Gasteiger partial charge in [0.15, 0.2) is 0 Å². The third kappa shape index (κ3) is 5.43. The predicted octanol–water partition coefficient (Wildman–Crippen LogP) is 3.27. The van der Waals surface area contributed by atoms with Gasteiger partial charge in [0.05, 0.1) is 24.4 Å². The van der Waals surface area contributed by atoms with Crippen LogP contribution < -0.4 is 10.4 Å². The number of nitrogens with zero attached hydrogens (tertiary/aromatic N) is 1. The lowest BCUT2D eigenvalue weighted by Gasteiger charge is -2.25. The van der Waals surface area contributed by atoms with E-state index in [1.165, 1.54) is 5.01 Å². The van der Waals surface area contributed by atoms with Crippen molar-refractivity contribution in [2.45, 2.75) is 26.2 Å². The summed E-state index contributed by atoms with van der Waals surface area (Å²) in [5.41, 5.74) is 4.68. The number of esters is 1. The fourth-order valence-corrected chi connectivity index (χ4v) is 2.19. The van der Waals surface area contributed by atoms with Crippen molar-refractivity contribution in [3.63, 3.8) is 0 Å². The first-order chi connectivity index (χ1) is 11.7. The lowest BCUT2D eigenvalue weighted by Crippen LogP contribution is -2.42. The average Bonchev–Trinajstić information content (AvgIpc) is 2.87. The van der Waals surface area contributed by atoms with Crippen molar-refractivity contribution in [2.24, 2.45) is 0 Å². The van der Waals surface area contributed by atoms with Crippen LogP contribution >= 0.6 is 0 Å². The molecular formula is C19H22N2O3. The van der Waals surface area contributed by atoms with E-state index in [-0.39, 0.29) is 24.7 Å². The number of anilines is 1. The highest BCUT2D eigenvalue weighted by Gasteiger charge is 2.18. The number of para-hydroxylation sites is 1. The van der Waals surface area contributed by atoms with Gasteiger partial charge in [0.2, 0.25) is 5.91 Å². The van der Waals surface area contributed by atoms with Crippen molar-refractivity contribution in [1.29, 1.82) is 0 Å². The van der Waals surface area contributed by atoms with Gasteiger partial charge in [0.1, 0.15) is 0 Å². The summed E-state index contributed by atoms with van der Waals surface area (Å²) >= 11 is 0. The van der Waals surface area contributed by atoms with Crippen LogP contribution in [0.25, 0.3) is 0 Å². The van der Waals surface area contributed by atoms with Gasteiger partial charge < -0.3 is 4.74 Å². The van der Waals surface area contributed by atoms with Crippen molar-refractivity contribution in [2.75, 3.05) is 11.6 Å². The van der Waals surface area contributed by atoms with E-state index in [2.05, 4.69) is 5.43 Å². The summed E-state index contributed by atoms with van der Waals surface area (Å²) in [6.45, 7) is 2.06. The molecule has 1 aromatic carbocycles. The van der Waals surface area contributed by atoms with E-state index in [4.69, 9.17) is 4.74 Å². The molecule has 0 saturated carbocycles. The van der Waals surface area contributed by atoms with Crippen molar-refractivity contribution >= 4 is 17.6 Å². The zero-order valence-corrected chi connectivity index (χ0v) is 13.8. The van der Waals surface area contributed by atoms with E-state index < -0.39 is 0 Å². The van der Waals surface area contributed by atoms with Gasteiger partial charge in [-0.25, -0.2) is 5.01 Å². The normalized spacial score (nSPS) is 13.0. The van der Waals surface area contributed by atoms with Gasteiger partial charge in [-0.1, -0.05) is 42.5 Å². The molecule has 0 atom stereocenters. The van der Waals surface area contributed by atoms with Crippen molar-refractivity contribution in [1.82, 2.24) is 5.43 Å². The Hall–Kier alpha value is -2.82. The number of benzene rings is 1. The summed E-state index contributed by atoms with van der Waals surface area (Å²) in [5.74, 6) is -0.558. The molecule has 0 heterocycles. The van der Waals surface area contributed by atoms with E-state index in [0.29, 0.717) is 6.61 Å². The maximum absolute atomic E-state index is 12.6. The molecule has 0 fully saturated rings. The van der Waals surface area contributed by atoms with Crippen LogP contribution in [0.2, 0.25) is 0 Å². The molecule has 1 aromatic rings. The number of hydrogen-bond acceptors (Lipinski definition) is 4. The summed E-state index contributed by atoms with van der Waals surface area (Å²) in [4.78, 5) is 24.1. The second-order valence-corrected chi connectivity index (χ2v) is 5.16. The van der Waals surface area contributed by atoms with Crippen LogP contribution in [-0.4, -0.2) is 18.5 Å². The van der Waals surface area contributed by atoms with Gasteiger partial charge in [-0.05, 0) is 31.6 Å². The number of carbonyl (C=O) groups excluding carboxylic acids is 2. The van der Waals surface area contributed by atoms with Crippen molar-refractivity contribution < 1.29 is 14.3 Å². The summed E-state index contributed by atoms with van der Waals surface area (Å²) < 4.78 is 4.88. The Labute approximate surface area is 142 Å². The molecular weight excluding hydrogens is 304 g/mol. The largest absolute Gasteiger partial charge is 0.466 e. The molecule has 0 saturated heterocycles. The maximum Gasteiger partial charge on any atom is 0.306 e. The number of allylic oxidation sites excluding steroid dienone is 5. The average molecular weight is 326 g/mol. The zero-order valence-electron chi connectivity index (χ0n) is 13.8. The van der Waals surface area contributed by atoms with Crippen LogP contribution in [0.3, 0.4) is 0 Å². The van der Waals surface area contributed by atoms with Gasteiger partial charge >= 0.3 is 5.97 Å². The molecule has 1 aliphatic carbocycles. The Bertz CT molecular complexity index is 648. The highest BCUT2D eigenvalue weighted by atomic mass is 16.5. The molecule has 0 aromatic heterocycles.